The van der Waals surface area contributed by atoms with Crippen LogP contribution in [-0.2, 0) is 13.5 Å². The molecule has 0 N–H and O–H groups in total. The van der Waals surface area contributed by atoms with Gasteiger partial charge < -0.3 is 4.57 Å². The normalized spacial score (nSPS) is 10.0. The Hall–Kier alpha value is -0.860. The summed E-state index contributed by atoms with van der Waals surface area (Å²) in [4.78, 5) is 0. The van der Waals surface area contributed by atoms with Gasteiger partial charge in [-0.05, 0) is 6.42 Å². The first-order chi connectivity index (χ1) is 4.34. The smallest absolute Gasteiger partial charge is 0.132 e. The van der Waals surface area contributed by atoms with Crippen molar-refractivity contribution in [1.29, 1.82) is 0 Å². The van der Waals surface area contributed by atoms with Crippen LogP contribution in [0.4, 0.5) is 0 Å². The Morgan fingerprint density at radius 1 is 1.78 bits per heavy atom. The summed E-state index contributed by atoms with van der Waals surface area (Å²) in [7, 11) is 1.94. The van der Waals surface area contributed by atoms with Crippen molar-refractivity contribution >= 4 is 0 Å². The second-order valence-corrected chi connectivity index (χ2v) is 1.97. The Kier molecular flexibility index (Phi) is 1.82. The molecule has 1 aromatic rings. The quantitative estimate of drug-likeness (QED) is 0.577. The highest BCUT2D eigenvalue weighted by atomic mass is 15.2. The summed E-state index contributed by atoms with van der Waals surface area (Å²) in [5, 5.41) is 7.62. The van der Waals surface area contributed by atoms with Gasteiger partial charge >= 0.3 is 0 Å². The van der Waals surface area contributed by atoms with E-state index in [1.807, 2.05) is 18.5 Å². The number of hydrogen-bond donors (Lipinski definition) is 0. The number of hydrogen-bond acceptors (Lipinski definition) is 2. The average Bonchev–Trinajstić information content (AvgIpc) is 2.18. The molecule has 1 rings (SSSR count). The van der Waals surface area contributed by atoms with Gasteiger partial charge in [-0.3, -0.25) is 0 Å². The lowest BCUT2D eigenvalue weighted by atomic mass is 10.3. The molecule has 3 heteroatoms. The molecular weight excluding hydrogens is 114 g/mol. The van der Waals surface area contributed by atoms with Crippen molar-refractivity contribution < 1.29 is 0 Å². The van der Waals surface area contributed by atoms with Gasteiger partial charge in [-0.25, -0.2) is 0 Å². The molecule has 0 atom stereocenters. The van der Waals surface area contributed by atoms with Crippen LogP contribution in [0, 0.1) is 6.42 Å². The van der Waals surface area contributed by atoms with Crippen LogP contribution < -0.4 is 0 Å². The van der Waals surface area contributed by atoms with Crippen molar-refractivity contribution in [3.05, 3.63) is 18.6 Å². The summed E-state index contributed by atoms with van der Waals surface area (Å²) >= 11 is 0. The van der Waals surface area contributed by atoms with Crippen molar-refractivity contribution in [2.75, 3.05) is 0 Å². The summed E-state index contributed by atoms with van der Waals surface area (Å²) in [6.45, 7) is 2.01. The van der Waals surface area contributed by atoms with Crippen molar-refractivity contribution in [1.82, 2.24) is 14.8 Å². The van der Waals surface area contributed by atoms with E-state index in [1.54, 1.807) is 6.33 Å². The van der Waals surface area contributed by atoms with Crippen molar-refractivity contribution in [3.63, 3.8) is 0 Å². The molecule has 0 bridgehead atoms. The molecule has 0 aliphatic heterocycles. The molecule has 0 unspecified atom stereocenters. The standard InChI is InChI=1S/C6H10N3/c1-3-4-6-8-7-5-9(6)2/h3,5H,4H2,1-2H3. The van der Waals surface area contributed by atoms with Crippen LogP contribution in [0.15, 0.2) is 6.33 Å². The Morgan fingerprint density at radius 2 is 2.56 bits per heavy atom. The van der Waals surface area contributed by atoms with Crippen molar-refractivity contribution in [3.8, 4) is 0 Å². The number of nitrogens with zero attached hydrogens (tertiary/aromatic N) is 3. The molecule has 0 aliphatic carbocycles. The monoisotopic (exact) mass is 124 g/mol. The average molecular weight is 124 g/mol. The molecule has 49 valence electrons. The minimum atomic E-state index is 0.899. The van der Waals surface area contributed by atoms with Gasteiger partial charge in [0.2, 0.25) is 0 Å². The predicted molar refractivity (Wildman–Crippen MR) is 34.7 cm³/mol. The summed E-state index contributed by atoms with van der Waals surface area (Å²) < 4.78 is 1.92. The van der Waals surface area contributed by atoms with E-state index in [2.05, 4.69) is 16.6 Å². The highest BCUT2D eigenvalue weighted by Crippen LogP contribution is 1.93. The second-order valence-electron chi connectivity index (χ2n) is 1.97. The van der Waals surface area contributed by atoms with Crippen LogP contribution in [0.3, 0.4) is 0 Å². The summed E-state index contributed by atoms with van der Waals surface area (Å²) in [6, 6.07) is 0. The Bertz CT molecular complexity index is 180. The zero-order chi connectivity index (χ0) is 6.69. The lowest BCUT2D eigenvalue weighted by molar-refractivity contribution is 0.813. The zero-order valence-electron chi connectivity index (χ0n) is 5.70. The molecule has 1 radical (unpaired) electrons. The molecule has 9 heavy (non-hydrogen) atoms. The highest BCUT2D eigenvalue weighted by molar-refractivity contribution is 4.88. The third-order valence-electron chi connectivity index (χ3n) is 1.19. The number of rotatable bonds is 2. The van der Waals surface area contributed by atoms with Crippen LogP contribution in [0.1, 0.15) is 12.7 Å². The molecule has 0 fully saturated rings. The van der Waals surface area contributed by atoms with E-state index in [4.69, 9.17) is 0 Å². The van der Waals surface area contributed by atoms with E-state index in [-0.39, 0.29) is 0 Å². The first kappa shape index (κ1) is 6.26. The lowest BCUT2D eigenvalue weighted by Gasteiger charge is -1.93. The third-order valence-corrected chi connectivity index (χ3v) is 1.19. The molecule has 0 aromatic carbocycles. The minimum Gasteiger partial charge on any atom is -0.321 e. The molecule has 0 saturated carbocycles. The molecule has 0 saturated heterocycles. The van der Waals surface area contributed by atoms with E-state index in [0.717, 1.165) is 12.2 Å². The third kappa shape index (κ3) is 1.28. The fraction of sp³-hybridized carbons (Fsp3) is 0.500. The van der Waals surface area contributed by atoms with Gasteiger partial charge in [-0.15, -0.1) is 10.2 Å². The largest absolute Gasteiger partial charge is 0.321 e. The van der Waals surface area contributed by atoms with Gasteiger partial charge in [0, 0.05) is 13.5 Å². The number of aryl methyl sites for hydroxylation is 1. The maximum Gasteiger partial charge on any atom is 0.132 e. The van der Waals surface area contributed by atoms with Crippen LogP contribution >= 0.6 is 0 Å². The number of aromatic nitrogens is 3. The maximum atomic E-state index is 3.89. The molecule has 3 nitrogen and oxygen atoms in total. The van der Waals surface area contributed by atoms with Gasteiger partial charge in [-0.1, -0.05) is 6.92 Å². The van der Waals surface area contributed by atoms with Gasteiger partial charge in [0.05, 0.1) is 0 Å². The van der Waals surface area contributed by atoms with Crippen LogP contribution in [0.2, 0.25) is 0 Å². The van der Waals surface area contributed by atoms with Gasteiger partial charge in [0.15, 0.2) is 0 Å². The Labute approximate surface area is 54.7 Å². The fourth-order valence-electron chi connectivity index (χ4n) is 0.675. The fourth-order valence-corrected chi connectivity index (χ4v) is 0.675. The van der Waals surface area contributed by atoms with Gasteiger partial charge in [-0.2, -0.15) is 0 Å². The van der Waals surface area contributed by atoms with E-state index < -0.39 is 0 Å². The van der Waals surface area contributed by atoms with E-state index in [1.165, 1.54) is 0 Å². The van der Waals surface area contributed by atoms with Crippen LogP contribution in [0.25, 0.3) is 0 Å². The Balaban J connectivity index is 2.69. The molecule has 0 amide bonds. The Morgan fingerprint density at radius 3 is 3.00 bits per heavy atom. The highest BCUT2D eigenvalue weighted by Gasteiger charge is 1.95. The maximum absolute atomic E-state index is 3.89. The van der Waals surface area contributed by atoms with Crippen molar-refractivity contribution in [2.45, 2.75) is 13.3 Å². The second kappa shape index (κ2) is 2.62. The molecule has 1 heterocycles. The first-order valence-corrected chi connectivity index (χ1v) is 2.95. The lowest BCUT2D eigenvalue weighted by Crippen LogP contribution is -1.95. The molecular formula is C6H10N3. The SMILES string of the molecule is C[CH]Cc1nncn1C. The van der Waals surface area contributed by atoms with Gasteiger partial charge in [0.1, 0.15) is 12.2 Å². The summed E-state index contributed by atoms with van der Waals surface area (Å²) in [6.07, 6.45) is 4.67. The minimum absolute atomic E-state index is 0.899. The topological polar surface area (TPSA) is 30.7 Å². The summed E-state index contributed by atoms with van der Waals surface area (Å²) in [5.74, 6) is 1.01. The molecule has 0 aliphatic rings. The van der Waals surface area contributed by atoms with Crippen LogP contribution in [-0.4, -0.2) is 14.8 Å². The van der Waals surface area contributed by atoms with E-state index in [0.29, 0.717) is 0 Å². The predicted octanol–water partition coefficient (Wildman–Crippen LogP) is 0.582. The van der Waals surface area contributed by atoms with E-state index in [9.17, 15) is 0 Å². The summed E-state index contributed by atoms with van der Waals surface area (Å²) in [5.41, 5.74) is 0. The molecule has 1 aromatic heterocycles. The van der Waals surface area contributed by atoms with Crippen LogP contribution in [0.5, 0.6) is 0 Å². The zero-order valence-corrected chi connectivity index (χ0v) is 5.70. The van der Waals surface area contributed by atoms with Gasteiger partial charge in [0.25, 0.3) is 0 Å². The first-order valence-electron chi connectivity index (χ1n) is 2.95. The van der Waals surface area contributed by atoms with Crippen molar-refractivity contribution in [2.24, 2.45) is 7.05 Å². The molecule has 0 spiro atoms. The van der Waals surface area contributed by atoms with E-state index >= 15 is 0 Å².